The number of aryl methyl sites for hydroxylation is 2. The summed E-state index contributed by atoms with van der Waals surface area (Å²) >= 11 is 0. The van der Waals surface area contributed by atoms with Gasteiger partial charge in [0, 0.05) is 26.2 Å². The SMILES string of the molecule is CCOC(=O)N1CCN(C(=O)NCCOc2cc(C)cc(C)c2)CC1. The fourth-order valence-electron chi connectivity index (χ4n) is 2.76. The molecule has 1 aromatic carbocycles. The molecule has 0 spiro atoms. The molecule has 0 saturated carbocycles. The van der Waals surface area contributed by atoms with E-state index in [-0.39, 0.29) is 12.1 Å². The van der Waals surface area contributed by atoms with E-state index < -0.39 is 0 Å². The molecule has 2 rings (SSSR count). The minimum absolute atomic E-state index is 0.132. The van der Waals surface area contributed by atoms with Gasteiger partial charge in [-0.2, -0.15) is 0 Å². The molecule has 0 bridgehead atoms. The fraction of sp³-hybridized carbons (Fsp3) is 0.556. The van der Waals surface area contributed by atoms with Crippen molar-refractivity contribution < 1.29 is 19.1 Å². The topological polar surface area (TPSA) is 71.1 Å². The summed E-state index contributed by atoms with van der Waals surface area (Å²) in [6.45, 7) is 9.03. The molecule has 1 aliphatic heterocycles. The number of nitrogens with one attached hydrogen (secondary N) is 1. The highest BCUT2D eigenvalue weighted by atomic mass is 16.6. The predicted octanol–water partition coefficient (Wildman–Crippen LogP) is 2.17. The Kier molecular flexibility index (Phi) is 6.91. The van der Waals surface area contributed by atoms with Crippen molar-refractivity contribution in [3.8, 4) is 5.75 Å². The Morgan fingerprint density at radius 2 is 1.64 bits per heavy atom. The molecular weight excluding hydrogens is 322 g/mol. The normalized spacial score (nSPS) is 14.2. The van der Waals surface area contributed by atoms with E-state index >= 15 is 0 Å². The van der Waals surface area contributed by atoms with Crippen LogP contribution in [0.3, 0.4) is 0 Å². The molecule has 0 aromatic heterocycles. The van der Waals surface area contributed by atoms with E-state index in [1.165, 1.54) is 0 Å². The van der Waals surface area contributed by atoms with Crippen molar-refractivity contribution in [2.24, 2.45) is 0 Å². The Morgan fingerprint density at radius 3 is 2.24 bits per heavy atom. The third-order valence-corrected chi connectivity index (χ3v) is 3.94. The van der Waals surface area contributed by atoms with Crippen molar-refractivity contribution >= 4 is 12.1 Å². The maximum absolute atomic E-state index is 12.1. The van der Waals surface area contributed by atoms with Crippen LogP contribution in [0.4, 0.5) is 9.59 Å². The third kappa shape index (κ3) is 5.85. The molecule has 7 nitrogen and oxygen atoms in total. The number of piperazine rings is 1. The van der Waals surface area contributed by atoms with E-state index in [9.17, 15) is 9.59 Å². The second-order valence-corrected chi connectivity index (χ2v) is 6.08. The molecule has 7 heteroatoms. The standard InChI is InChI=1S/C18H27N3O4/c1-4-24-18(23)21-8-6-20(7-9-21)17(22)19-5-10-25-16-12-14(2)11-15(3)13-16/h11-13H,4-10H2,1-3H3,(H,19,22). The minimum atomic E-state index is -0.315. The van der Waals surface area contributed by atoms with Crippen molar-refractivity contribution in [3.05, 3.63) is 29.3 Å². The number of carbonyl (C=O) groups excluding carboxylic acids is 2. The number of ether oxygens (including phenoxy) is 2. The van der Waals surface area contributed by atoms with Crippen LogP contribution in [0.25, 0.3) is 0 Å². The molecule has 0 aliphatic carbocycles. The van der Waals surface area contributed by atoms with Gasteiger partial charge in [0.15, 0.2) is 0 Å². The van der Waals surface area contributed by atoms with Crippen LogP contribution in [0.2, 0.25) is 0 Å². The van der Waals surface area contributed by atoms with E-state index in [2.05, 4.69) is 11.4 Å². The number of urea groups is 1. The first-order chi connectivity index (χ1) is 12.0. The Balaban J connectivity index is 1.66. The number of carbonyl (C=O) groups is 2. The Bertz CT molecular complexity index is 578. The van der Waals surface area contributed by atoms with Gasteiger partial charge >= 0.3 is 12.1 Å². The van der Waals surface area contributed by atoms with Crippen LogP contribution >= 0.6 is 0 Å². The van der Waals surface area contributed by atoms with Crippen LogP contribution < -0.4 is 10.1 Å². The molecule has 0 atom stereocenters. The van der Waals surface area contributed by atoms with E-state index in [1.807, 2.05) is 26.0 Å². The number of amides is 3. The highest BCUT2D eigenvalue weighted by Gasteiger charge is 2.24. The van der Waals surface area contributed by atoms with Crippen molar-refractivity contribution in [2.75, 3.05) is 45.9 Å². The van der Waals surface area contributed by atoms with E-state index in [1.54, 1.807) is 16.7 Å². The summed E-state index contributed by atoms with van der Waals surface area (Å²) in [6, 6.07) is 5.91. The molecule has 1 saturated heterocycles. The average molecular weight is 349 g/mol. The van der Waals surface area contributed by atoms with Crippen LogP contribution in [0.1, 0.15) is 18.1 Å². The number of rotatable bonds is 5. The lowest BCUT2D eigenvalue weighted by Crippen LogP contribution is -2.53. The third-order valence-electron chi connectivity index (χ3n) is 3.94. The molecule has 1 aromatic rings. The van der Waals surface area contributed by atoms with Crippen LogP contribution in [0.5, 0.6) is 5.75 Å². The lowest BCUT2D eigenvalue weighted by molar-refractivity contribution is 0.0851. The smallest absolute Gasteiger partial charge is 0.409 e. The molecular formula is C18H27N3O4. The fourth-order valence-corrected chi connectivity index (χ4v) is 2.76. The zero-order chi connectivity index (χ0) is 18.2. The second kappa shape index (κ2) is 9.15. The molecule has 3 amide bonds. The first-order valence-corrected chi connectivity index (χ1v) is 8.65. The summed E-state index contributed by atoms with van der Waals surface area (Å²) in [5.41, 5.74) is 2.30. The molecule has 1 aliphatic rings. The van der Waals surface area contributed by atoms with Gasteiger partial charge in [0.25, 0.3) is 0 Å². The van der Waals surface area contributed by atoms with Gasteiger partial charge in [0.05, 0.1) is 13.2 Å². The van der Waals surface area contributed by atoms with Gasteiger partial charge in [-0.05, 0) is 44.0 Å². The van der Waals surface area contributed by atoms with Crippen LogP contribution in [0, 0.1) is 13.8 Å². The van der Waals surface area contributed by atoms with Gasteiger partial charge in [0.1, 0.15) is 12.4 Å². The highest BCUT2D eigenvalue weighted by molar-refractivity contribution is 5.75. The molecule has 1 heterocycles. The van der Waals surface area contributed by atoms with Crippen LogP contribution in [0.15, 0.2) is 18.2 Å². The van der Waals surface area contributed by atoms with Crippen LogP contribution in [-0.2, 0) is 4.74 Å². The van der Waals surface area contributed by atoms with E-state index in [0.717, 1.165) is 16.9 Å². The van der Waals surface area contributed by atoms with Crippen molar-refractivity contribution in [1.29, 1.82) is 0 Å². The van der Waals surface area contributed by atoms with Crippen molar-refractivity contribution in [2.45, 2.75) is 20.8 Å². The zero-order valence-corrected chi connectivity index (χ0v) is 15.2. The Morgan fingerprint density at radius 1 is 1.04 bits per heavy atom. The number of hydrogen-bond donors (Lipinski definition) is 1. The van der Waals surface area contributed by atoms with E-state index in [0.29, 0.717) is 45.9 Å². The zero-order valence-electron chi connectivity index (χ0n) is 15.2. The molecule has 1 fully saturated rings. The highest BCUT2D eigenvalue weighted by Crippen LogP contribution is 2.15. The summed E-state index contributed by atoms with van der Waals surface area (Å²) in [5.74, 6) is 0.815. The largest absolute Gasteiger partial charge is 0.492 e. The van der Waals surface area contributed by atoms with Gasteiger partial charge in [-0.15, -0.1) is 0 Å². The number of hydrogen-bond acceptors (Lipinski definition) is 4. The van der Waals surface area contributed by atoms with Gasteiger partial charge in [-0.1, -0.05) is 6.07 Å². The maximum atomic E-state index is 12.1. The van der Waals surface area contributed by atoms with Crippen LogP contribution in [-0.4, -0.2) is 67.9 Å². The van der Waals surface area contributed by atoms with Crippen molar-refractivity contribution in [3.63, 3.8) is 0 Å². The first kappa shape index (κ1) is 18.9. The Labute approximate surface area is 148 Å². The average Bonchev–Trinajstić information content (AvgIpc) is 2.58. The second-order valence-electron chi connectivity index (χ2n) is 6.08. The Hall–Kier alpha value is -2.44. The van der Waals surface area contributed by atoms with Crippen molar-refractivity contribution in [1.82, 2.24) is 15.1 Å². The molecule has 25 heavy (non-hydrogen) atoms. The first-order valence-electron chi connectivity index (χ1n) is 8.65. The summed E-state index contributed by atoms with van der Waals surface area (Å²) in [6.07, 6.45) is -0.315. The quantitative estimate of drug-likeness (QED) is 0.827. The summed E-state index contributed by atoms with van der Waals surface area (Å²) in [7, 11) is 0. The van der Waals surface area contributed by atoms with Gasteiger partial charge in [-0.3, -0.25) is 0 Å². The lowest BCUT2D eigenvalue weighted by atomic mass is 10.1. The van der Waals surface area contributed by atoms with Gasteiger partial charge < -0.3 is 24.6 Å². The van der Waals surface area contributed by atoms with Gasteiger partial charge in [0.2, 0.25) is 0 Å². The molecule has 1 N–H and O–H groups in total. The summed E-state index contributed by atoms with van der Waals surface area (Å²) in [5, 5.41) is 2.85. The maximum Gasteiger partial charge on any atom is 0.409 e. The number of nitrogens with zero attached hydrogens (tertiary/aromatic N) is 2. The van der Waals surface area contributed by atoms with Gasteiger partial charge in [-0.25, -0.2) is 9.59 Å². The minimum Gasteiger partial charge on any atom is -0.492 e. The number of benzene rings is 1. The predicted molar refractivity (Wildman–Crippen MR) is 95.0 cm³/mol. The molecule has 138 valence electrons. The summed E-state index contributed by atoms with van der Waals surface area (Å²) in [4.78, 5) is 27.1. The molecule has 0 radical (unpaired) electrons. The summed E-state index contributed by atoms with van der Waals surface area (Å²) < 4.78 is 10.6. The van der Waals surface area contributed by atoms with E-state index in [4.69, 9.17) is 9.47 Å². The monoisotopic (exact) mass is 349 g/mol. The molecule has 0 unspecified atom stereocenters. The lowest BCUT2D eigenvalue weighted by Gasteiger charge is -2.33.